The lowest BCUT2D eigenvalue weighted by molar-refractivity contribution is -0.117. The van der Waals surface area contributed by atoms with Crippen LogP contribution in [0.2, 0.25) is 0 Å². The van der Waals surface area contributed by atoms with Gasteiger partial charge in [0.1, 0.15) is 0 Å². The van der Waals surface area contributed by atoms with E-state index in [1.807, 2.05) is 0 Å². The van der Waals surface area contributed by atoms with E-state index in [4.69, 9.17) is 0 Å². The van der Waals surface area contributed by atoms with Gasteiger partial charge in [-0.15, -0.1) is 0 Å². The molecule has 0 heterocycles. The number of carbonyl (C=O) groups is 2. The van der Waals surface area contributed by atoms with E-state index < -0.39 is 32.0 Å². The van der Waals surface area contributed by atoms with Crippen LogP contribution in [-0.4, -0.2) is 40.4 Å². The van der Waals surface area contributed by atoms with Crippen molar-refractivity contribution in [3.63, 3.8) is 0 Å². The number of carbonyl (C=O) groups excluding carboxylic acids is 2. The molecule has 0 unspecified atom stereocenters. The average Bonchev–Trinajstić information content (AvgIpc) is 2.70. The Morgan fingerprint density at radius 1 is 0.939 bits per heavy atom. The van der Waals surface area contributed by atoms with Gasteiger partial charge in [-0.1, -0.05) is 13.0 Å². The van der Waals surface area contributed by atoms with E-state index in [1.54, 1.807) is 32.0 Å². The molecule has 33 heavy (non-hydrogen) atoms. The van der Waals surface area contributed by atoms with Gasteiger partial charge in [0.25, 0.3) is 0 Å². The van der Waals surface area contributed by atoms with Crippen molar-refractivity contribution in [1.82, 2.24) is 4.72 Å². The third-order valence-corrected chi connectivity index (χ3v) is 7.57. The minimum Gasteiger partial charge on any atom is -0.326 e. The molecule has 0 bridgehead atoms. The molecule has 4 N–H and O–H groups in total. The topological polar surface area (TPSA) is 151 Å². The first kappa shape index (κ1) is 26.3. The molecule has 2 aromatic rings. The van der Waals surface area contributed by atoms with Gasteiger partial charge in [-0.25, -0.2) is 16.8 Å². The van der Waals surface area contributed by atoms with Crippen LogP contribution in [0.5, 0.6) is 0 Å². The molecule has 0 aromatic heterocycles. The van der Waals surface area contributed by atoms with Crippen LogP contribution >= 0.6 is 0 Å². The van der Waals surface area contributed by atoms with E-state index in [-0.39, 0.29) is 16.6 Å². The Bertz CT molecular complexity index is 1230. The zero-order valence-corrected chi connectivity index (χ0v) is 20.4. The fourth-order valence-corrected chi connectivity index (χ4v) is 5.28. The average molecular weight is 497 g/mol. The van der Waals surface area contributed by atoms with Crippen LogP contribution in [0.15, 0.2) is 47.4 Å². The lowest BCUT2D eigenvalue weighted by Gasteiger charge is -2.17. The van der Waals surface area contributed by atoms with Gasteiger partial charge < -0.3 is 10.6 Å². The molecule has 0 aliphatic rings. The maximum absolute atomic E-state index is 12.6. The Kier molecular flexibility index (Phi) is 8.58. The molecular weight excluding hydrogens is 468 g/mol. The molecule has 2 rings (SSSR count). The molecule has 0 fully saturated rings. The van der Waals surface area contributed by atoms with E-state index >= 15 is 0 Å². The first-order valence-electron chi connectivity index (χ1n) is 10.2. The van der Waals surface area contributed by atoms with Crippen LogP contribution in [0.4, 0.5) is 17.1 Å². The smallest absolute Gasteiger partial charge is 0.242 e. The fourth-order valence-electron chi connectivity index (χ4n) is 2.88. The minimum atomic E-state index is -4.01. The molecule has 0 aliphatic carbocycles. The lowest BCUT2D eigenvalue weighted by Crippen LogP contribution is -2.41. The van der Waals surface area contributed by atoms with E-state index in [0.29, 0.717) is 29.0 Å². The van der Waals surface area contributed by atoms with E-state index in [2.05, 4.69) is 20.1 Å². The number of hydrogen-bond donors (Lipinski definition) is 4. The van der Waals surface area contributed by atoms with Gasteiger partial charge in [0.05, 0.1) is 22.4 Å². The summed E-state index contributed by atoms with van der Waals surface area (Å²) < 4.78 is 54.2. The number of hydrogen-bond acceptors (Lipinski definition) is 6. The largest absolute Gasteiger partial charge is 0.326 e. The third-order valence-electron chi connectivity index (χ3n) is 4.54. The van der Waals surface area contributed by atoms with Crippen molar-refractivity contribution >= 4 is 48.9 Å². The first-order valence-corrected chi connectivity index (χ1v) is 13.3. The minimum absolute atomic E-state index is 0.0341. The van der Waals surface area contributed by atoms with Gasteiger partial charge in [-0.05, 0) is 62.2 Å². The first-order chi connectivity index (χ1) is 15.3. The highest BCUT2D eigenvalue weighted by Crippen LogP contribution is 2.25. The summed E-state index contributed by atoms with van der Waals surface area (Å²) in [6.45, 7) is 6.12. The zero-order valence-electron chi connectivity index (χ0n) is 18.8. The molecule has 180 valence electrons. The summed E-state index contributed by atoms with van der Waals surface area (Å²) in [6, 6.07) is 9.14. The van der Waals surface area contributed by atoms with Crippen molar-refractivity contribution in [2.45, 2.75) is 45.1 Å². The molecule has 0 radical (unpaired) electrons. The second kappa shape index (κ2) is 10.8. The number of sulfonamides is 2. The van der Waals surface area contributed by atoms with Gasteiger partial charge in [0.2, 0.25) is 31.9 Å². The van der Waals surface area contributed by atoms with E-state index in [1.165, 1.54) is 38.1 Å². The maximum atomic E-state index is 12.6. The molecule has 1 atom stereocenters. The summed E-state index contributed by atoms with van der Waals surface area (Å²) in [5, 5.41) is 5.16. The van der Waals surface area contributed by atoms with Crippen LogP contribution in [0, 0.1) is 6.92 Å². The maximum Gasteiger partial charge on any atom is 0.242 e. The van der Waals surface area contributed by atoms with Gasteiger partial charge in [-0.2, -0.15) is 4.72 Å². The monoisotopic (exact) mass is 496 g/mol. The van der Waals surface area contributed by atoms with Crippen LogP contribution in [-0.2, 0) is 29.6 Å². The predicted molar refractivity (Wildman–Crippen MR) is 128 cm³/mol. The summed E-state index contributed by atoms with van der Waals surface area (Å²) in [7, 11) is -7.52. The second-order valence-corrected chi connectivity index (χ2v) is 11.0. The Hall–Kier alpha value is -2.96. The highest BCUT2D eigenvalue weighted by molar-refractivity contribution is 7.92. The molecule has 10 nitrogen and oxygen atoms in total. The fraction of sp³-hybridized carbons (Fsp3) is 0.333. The molecule has 0 saturated carbocycles. The standard InChI is InChI=1S/C21H28N4O6S2/c1-5-13-32(28,29)25-20-8-6-7-19(14(20)2)23-21(27)15(3)24-33(30,31)18-11-9-17(10-12-18)22-16(4)26/h6-12,15,24-25H,5,13H2,1-4H3,(H,22,26)(H,23,27)/t15-/m0/s1. The van der Waals surface area contributed by atoms with Gasteiger partial charge in [0.15, 0.2) is 0 Å². The highest BCUT2D eigenvalue weighted by atomic mass is 32.2. The normalized spacial score (nSPS) is 12.6. The molecule has 2 aromatic carbocycles. The van der Waals surface area contributed by atoms with Crippen molar-refractivity contribution in [3.8, 4) is 0 Å². The third kappa shape index (κ3) is 7.55. The SMILES string of the molecule is CCCS(=O)(=O)Nc1cccc(NC(=O)[C@H](C)NS(=O)(=O)c2ccc(NC(C)=O)cc2)c1C. The number of amides is 2. The van der Waals surface area contributed by atoms with Crippen LogP contribution < -0.4 is 20.1 Å². The molecule has 12 heteroatoms. The van der Waals surface area contributed by atoms with Crippen molar-refractivity contribution in [1.29, 1.82) is 0 Å². The summed E-state index contributed by atoms with van der Waals surface area (Å²) in [5.74, 6) is -0.940. The Morgan fingerprint density at radius 2 is 1.55 bits per heavy atom. The molecular formula is C21H28N4O6S2. The van der Waals surface area contributed by atoms with Crippen molar-refractivity contribution < 1.29 is 26.4 Å². The van der Waals surface area contributed by atoms with E-state index in [9.17, 15) is 26.4 Å². The number of nitrogens with one attached hydrogen (secondary N) is 4. The predicted octanol–water partition coefficient (Wildman–Crippen LogP) is 2.41. The van der Waals surface area contributed by atoms with Crippen molar-refractivity contribution in [3.05, 3.63) is 48.0 Å². The molecule has 0 saturated heterocycles. The van der Waals surface area contributed by atoms with Crippen molar-refractivity contribution in [2.24, 2.45) is 0 Å². The van der Waals surface area contributed by atoms with Gasteiger partial charge >= 0.3 is 0 Å². The molecule has 0 spiro atoms. The quantitative estimate of drug-likeness (QED) is 0.397. The van der Waals surface area contributed by atoms with Crippen LogP contribution in [0.3, 0.4) is 0 Å². The Morgan fingerprint density at radius 3 is 2.12 bits per heavy atom. The number of anilines is 3. The van der Waals surface area contributed by atoms with Gasteiger partial charge in [-0.3, -0.25) is 14.3 Å². The van der Waals surface area contributed by atoms with Crippen LogP contribution in [0.1, 0.15) is 32.8 Å². The Labute approximate surface area is 194 Å². The number of rotatable bonds is 10. The van der Waals surface area contributed by atoms with E-state index in [0.717, 1.165) is 0 Å². The van der Waals surface area contributed by atoms with Crippen molar-refractivity contribution in [2.75, 3.05) is 21.1 Å². The summed E-state index contributed by atoms with van der Waals surface area (Å²) in [5.41, 5.74) is 1.61. The molecule has 0 aliphatic heterocycles. The number of benzene rings is 2. The summed E-state index contributed by atoms with van der Waals surface area (Å²) >= 11 is 0. The zero-order chi connectivity index (χ0) is 24.8. The van der Waals surface area contributed by atoms with Crippen LogP contribution in [0.25, 0.3) is 0 Å². The molecule has 2 amide bonds. The second-order valence-electron chi connectivity index (χ2n) is 7.44. The highest BCUT2D eigenvalue weighted by Gasteiger charge is 2.23. The summed E-state index contributed by atoms with van der Waals surface area (Å²) in [6.07, 6.45) is 0.457. The lowest BCUT2D eigenvalue weighted by atomic mass is 10.1. The van der Waals surface area contributed by atoms with Gasteiger partial charge in [0, 0.05) is 18.3 Å². The Balaban J connectivity index is 2.11. The summed E-state index contributed by atoms with van der Waals surface area (Å²) in [4.78, 5) is 23.6.